The van der Waals surface area contributed by atoms with Crippen molar-refractivity contribution >= 4 is 21.5 Å². The topological polar surface area (TPSA) is 98.0 Å². The number of sulfone groups is 1. The third-order valence-electron chi connectivity index (χ3n) is 2.48. The van der Waals surface area contributed by atoms with Gasteiger partial charge in [-0.15, -0.1) is 0 Å². The van der Waals surface area contributed by atoms with Crippen molar-refractivity contribution in [2.24, 2.45) is 0 Å². The van der Waals surface area contributed by atoms with Crippen molar-refractivity contribution < 1.29 is 8.42 Å². The fraction of sp³-hybridized carbons (Fsp3) is 0.600. The van der Waals surface area contributed by atoms with Crippen LogP contribution in [0.15, 0.2) is 6.07 Å². The number of nitrogen functional groups attached to an aromatic ring is 1. The summed E-state index contributed by atoms with van der Waals surface area (Å²) >= 11 is 0. The third-order valence-corrected chi connectivity index (χ3v) is 3.43. The molecule has 0 bridgehead atoms. The molecule has 1 fully saturated rings. The zero-order chi connectivity index (χ0) is 12.5. The van der Waals surface area contributed by atoms with E-state index >= 15 is 0 Å². The van der Waals surface area contributed by atoms with Crippen molar-refractivity contribution in [3.8, 4) is 0 Å². The van der Waals surface area contributed by atoms with E-state index in [1.54, 1.807) is 6.07 Å². The predicted octanol–water partition coefficient (Wildman–Crippen LogP) is 0.393. The molecule has 7 heteroatoms. The highest BCUT2D eigenvalue weighted by atomic mass is 32.2. The zero-order valence-corrected chi connectivity index (χ0v) is 10.5. The molecule has 0 saturated heterocycles. The van der Waals surface area contributed by atoms with Crippen LogP contribution in [-0.4, -0.2) is 36.9 Å². The Morgan fingerprint density at radius 2 is 2.18 bits per heavy atom. The lowest BCUT2D eigenvalue weighted by molar-refractivity contribution is 0.602. The molecule has 0 amide bonds. The number of rotatable bonds is 5. The lowest BCUT2D eigenvalue weighted by Gasteiger charge is -2.07. The molecule has 1 aromatic heterocycles. The van der Waals surface area contributed by atoms with Crippen LogP contribution in [0.3, 0.4) is 0 Å². The molecule has 0 aromatic carbocycles. The second-order valence-corrected chi connectivity index (χ2v) is 6.63. The highest BCUT2D eigenvalue weighted by molar-refractivity contribution is 7.90. The molecule has 3 N–H and O–H groups in total. The number of hydrogen-bond donors (Lipinski definition) is 2. The monoisotopic (exact) mass is 256 g/mol. The van der Waals surface area contributed by atoms with Gasteiger partial charge in [-0.3, -0.25) is 0 Å². The molecule has 0 spiro atoms. The Morgan fingerprint density at radius 1 is 1.47 bits per heavy atom. The van der Waals surface area contributed by atoms with E-state index in [4.69, 9.17) is 5.73 Å². The Bertz CT molecular complexity index is 511. The van der Waals surface area contributed by atoms with Crippen molar-refractivity contribution in [3.63, 3.8) is 0 Å². The molecule has 94 valence electrons. The van der Waals surface area contributed by atoms with E-state index in [0.29, 0.717) is 24.1 Å². The van der Waals surface area contributed by atoms with Crippen molar-refractivity contribution in [1.29, 1.82) is 0 Å². The quantitative estimate of drug-likeness (QED) is 0.791. The first-order chi connectivity index (χ1) is 7.94. The largest absolute Gasteiger partial charge is 0.384 e. The normalized spacial score (nSPS) is 15.8. The van der Waals surface area contributed by atoms with E-state index in [0.717, 1.165) is 18.7 Å². The molecule has 2 rings (SSSR count). The van der Waals surface area contributed by atoms with Gasteiger partial charge in [-0.05, 0) is 12.8 Å². The predicted molar refractivity (Wildman–Crippen MR) is 66.6 cm³/mol. The van der Waals surface area contributed by atoms with Crippen LogP contribution in [0.25, 0.3) is 0 Å². The van der Waals surface area contributed by atoms with Gasteiger partial charge in [-0.1, -0.05) is 0 Å². The molecule has 0 unspecified atom stereocenters. The van der Waals surface area contributed by atoms with Crippen LogP contribution in [0.4, 0.5) is 11.6 Å². The Balaban J connectivity index is 2.00. The molecule has 1 aliphatic carbocycles. The van der Waals surface area contributed by atoms with E-state index in [1.807, 2.05) is 0 Å². The standard InChI is InChI=1S/C10H16N4O2S/c1-17(15,16)5-4-12-9-6-8(11)13-10(14-9)7-2-3-7/h6-7H,2-5H2,1H3,(H3,11,12,13,14). The first kappa shape index (κ1) is 12.1. The molecule has 6 nitrogen and oxygen atoms in total. The highest BCUT2D eigenvalue weighted by Gasteiger charge is 2.27. The summed E-state index contributed by atoms with van der Waals surface area (Å²) in [5, 5.41) is 2.95. The maximum Gasteiger partial charge on any atom is 0.149 e. The van der Waals surface area contributed by atoms with Gasteiger partial charge in [0.25, 0.3) is 0 Å². The van der Waals surface area contributed by atoms with Crippen LogP contribution >= 0.6 is 0 Å². The average Bonchev–Trinajstić information content (AvgIpc) is 2.97. The lowest BCUT2D eigenvalue weighted by atomic mass is 10.4. The van der Waals surface area contributed by atoms with Gasteiger partial charge in [0.1, 0.15) is 27.3 Å². The molecule has 17 heavy (non-hydrogen) atoms. The number of nitrogens with one attached hydrogen (secondary N) is 1. The maximum atomic E-state index is 11.0. The summed E-state index contributed by atoms with van der Waals surface area (Å²) in [6, 6.07) is 1.62. The summed E-state index contributed by atoms with van der Waals surface area (Å²) in [6.45, 7) is 0.333. The molecule has 0 atom stereocenters. The minimum absolute atomic E-state index is 0.0790. The summed E-state index contributed by atoms with van der Waals surface area (Å²) < 4.78 is 22.0. The second-order valence-electron chi connectivity index (χ2n) is 4.37. The van der Waals surface area contributed by atoms with Crippen molar-refractivity contribution in [2.45, 2.75) is 18.8 Å². The average molecular weight is 256 g/mol. The van der Waals surface area contributed by atoms with Crippen molar-refractivity contribution in [3.05, 3.63) is 11.9 Å². The van der Waals surface area contributed by atoms with E-state index in [2.05, 4.69) is 15.3 Å². The van der Waals surface area contributed by atoms with Crippen LogP contribution in [-0.2, 0) is 9.84 Å². The SMILES string of the molecule is CS(=O)(=O)CCNc1cc(N)nc(C2CC2)n1. The number of aromatic nitrogens is 2. The Hall–Kier alpha value is -1.37. The molecular weight excluding hydrogens is 240 g/mol. The van der Waals surface area contributed by atoms with Crippen molar-refractivity contribution in [1.82, 2.24) is 9.97 Å². The van der Waals surface area contributed by atoms with Gasteiger partial charge in [0.05, 0.1) is 5.75 Å². The van der Waals surface area contributed by atoms with E-state index in [-0.39, 0.29) is 5.75 Å². The van der Waals surface area contributed by atoms with Gasteiger partial charge in [-0.25, -0.2) is 18.4 Å². The van der Waals surface area contributed by atoms with Gasteiger partial charge >= 0.3 is 0 Å². The molecule has 1 heterocycles. The lowest BCUT2D eigenvalue weighted by Crippen LogP contribution is -2.15. The van der Waals surface area contributed by atoms with Crippen LogP contribution < -0.4 is 11.1 Å². The first-order valence-electron chi connectivity index (χ1n) is 5.50. The summed E-state index contributed by atoms with van der Waals surface area (Å²) in [5.74, 6) is 2.28. The molecule has 0 radical (unpaired) electrons. The number of nitrogens with zero attached hydrogens (tertiary/aromatic N) is 2. The summed E-state index contributed by atoms with van der Waals surface area (Å²) in [4.78, 5) is 8.48. The summed E-state index contributed by atoms with van der Waals surface area (Å²) in [7, 11) is -2.96. The van der Waals surface area contributed by atoms with Crippen LogP contribution in [0, 0.1) is 0 Å². The van der Waals surface area contributed by atoms with Gasteiger partial charge in [-0.2, -0.15) is 0 Å². The van der Waals surface area contributed by atoms with Gasteiger partial charge in [0, 0.05) is 24.8 Å². The van der Waals surface area contributed by atoms with Crippen LogP contribution in [0.5, 0.6) is 0 Å². The maximum absolute atomic E-state index is 11.0. The molecule has 0 aliphatic heterocycles. The van der Waals surface area contributed by atoms with Crippen LogP contribution in [0.1, 0.15) is 24.6 Å². The second kappa shape index (κ2) is 4.48. The number of hydrogen-bond acceptors (Lipinski definition) is 6. The van der Waals surface area contributed by atoms with Crippen molar-refractivity contribution in [2.75, 3.05) is 29.6 Å². The fourth-order valence-corrected chi connectivity index (χ4v) is 1.94. The minimum Gasteiger partial charge on any atom is -0.384 e. The molecule has 1 aliphatic rings. The van der Waals surface area contributed by atoms with E-state index in [9.17, 15) is 8.42 Å². The molecule has 1 aromatic rings. The third kappa shape index (κ3) is 3.85. The first-order valence-corrected chi connectivity index (χ1v) is 7.56. The summed E-state index contributed by atoms with van der Waals surface area (Å²) in [6.07, 6.45) is 3.41. The highest BCUT2D eigenvalue weighted by Crippen LogP contribution is 2.38. The van der Waals surface area contributed by atoms with Gasteiger partial charge in [0.2, 0.25) is 0 Å². The zero-order valence-electron chi connectivity index (χ0n) is 9.68. The minimum atomic E-state index is -2.96. The Kier molecular flexibility index (Phi) is 3.19. The number of anilines is 2. The van der Waals surface area contributed by atoms with Crippen LogP contribution in [0.2, 0.25) is 0 Å². The Labute approximate surface area is 101 Å². The fourth-order valence-electron chi connectivity index (χ4n) is 1.46. The molecule has 1 saturated carbocycles. The summed E-state index contributed by atoms with van der Waals surface area (Å²) in [5.41, 5.74) is 5.67. The van der Waals surface area contributed by atoms with E-state index < -0.39 is 9.84 Å². The molecular formula is C10H16N4O2S. The van der Waals surface area contributed by atoms with Gasteiger partial charge < -0.3 is 11.1 Å². The smallest absolute Gasteiger partial charge is 0.149 e. The van der Waals surface area contributed by atoms with E-state index in [1.165, 1.54) is 6.26 Å². The Morgan fingerprint density at radius 3 is 2.76 bits per heavy atom. The number of nitrogens with two attached hydrogens (primary N) is 1. The van der Waals surface area contributed by atoms with Gasteiger partial charge in [0.15, 0.2) is 0 Å².